The van der Waals surface area contributed by atoms with E-state index < -0.39 is 0 Å². The first-order valence-corrected chi connectivity index (χ1v) is 12.0. The molecule has 3 aromatic rings. The number of pyridine rings is 1. The first-order chi connectivity index (χ1) is 16.1. The van der Waals surface area contributed by atoms with Crippen molar-refractivity contribution in [2.75, 3.05) is 11.5 Å². The van der Waals surface area contributed by atoms with E-state index in [-0.39, 0.29) is 24.3 Å². The molecule has 0 spiro atoms. The summed E-state index contributed by atoms with van der Waals surface area (Å²) in [4.78, 5) is 6.86. The predicted octanol–water partition coefficient (Wildman–Crippen LogP) is 5.03. The number of ether oxygens (including phenoxy) is 2. The minimum Gasteiger partial charge on any atom is -0.491 e. The van der Waals surface area contributed by atoms with Crippen LogP contribution in [0, 0.1) is 0 Å². The van der Waals surface area contributed by atoms with Gasteiger partial charge in [-0.25, -0.2) is 0 Å². The van der Waals surface area contributed by atoms with Gasteiger partial charge >= 0.3 is 0 Å². The molecule has 0 unspecified atom stereocenters. The lowest BCUT2D eigenvalue weighted by molar-refractivity contribution is 0.0961. The van der Waals surface area contributed by atoms with E-state index in [1.807, 2.05) is 44.3 Å². The van der Waals surface area contributed by atoms with Crippen LogP contribution in [-0.4, -0.2) is 33.5 Å². The van der Waals surface area contributed by atoms with Crippen LogP contribution in [0.5, 0.6) is 5.75 Å². The molecule has 0 aliphatic carbocycles. The van der Waals surface area contributed by atoms with E-state index in [0.717, 1.165) is 43.1 Å². The lowest BCUT2D eigenvalue weighted by Crippen LogP contribution is -2.31. The number of nitrogens with one attached hydrogen (secondary N) is 1. The number of aromatic nitrogens is 2. The maximum atomic E-state index is 5.93. The quantitative estimate of drug-likeness (QED) is 0.497. The zero-order valence-corrected chi connectivity index (χ0v) is 19.9. The number of benzene rings is 1. The van der Waals surface area contributed by atoms with E-state index in [4.69, 9.17) is 21.7 Å². The van der Waals surface area contributed by atoms with Gasteiger partial charge in [0.05, 0.1) is 23.9 Å². The van der Waals surface area contributed by atoms with Gasteiger partial charge in [0.25, 0.3) is 0 Å². The van der Waals surface area contributed by atoms with Gasteiger partial charge in [-0.1, -0.05) is 6.07 Å². The molecule has 4 heterocycles. The zero-order chi connectivity index (χ0) is 22.8. The average molecular weight is 463 g/mol. The molecule has 33 heavy (non-hydrogen) atoms. The first kappa shape index (κ1) is 21.9. The highest BCUT2D eigenvalue weighted by molar-refractivity contribution is 7.80. The molecule has 3 atom stereocenters. The molecular weight excluding hydrogens is 432 g/mol. The molecular formula is C26H30N4O2S. The van der Waals surface area contributed by atoms with Crippen molar-refractivity contribution in [1.82, 2.24) is 14.9 Å². The van der Waals surface area contributed by atoms with Crippen molar-refractivity contribution in [1.29, 1.82) is 0 Å². The van der Waals surface area contributed by atoms with Crippen LogP contribution in [0.1, 0.15) is 50.2 Å². The largest absolute Gasteiger partial charge is 0.491 e. The highest BCUT2D eigenvalue weighted by atomic mass is 32.1. The van der Waals surface area contributed by atoms with E-state index >= 15 is 0 Å². The van der Waals surface area contributed by atoms with Crippen molar-refractivity contribution in [3.63, 3.8) is 0 Å². The zero-order valence-electron chi connectivity index (χ0n) is 19.1. The molecule has 0 radical (unpaired) electrons. The van der Waals surface area contributed by atoms with Crippen molar-refractivity contribution in [2.45, 2.75) is 57.5 Å². The molecule has 6 nitrogen and oxygen atoms in total. The number of hydrogen-bond donors (Lipinski definition) is 1. The molecule has 0 amide bonds. The Kier molecular flexibility index (Phi) is 6.33. The van der Waals surface area contributed by atoms with Crippen molar-refractivity contribution in [2.24, 2.45) is 0 Å². The summed E-state index contributed by atoms with van der Waals surface area (Å²) in [5.41, 5.74) is 3.19. The van der Waals surface area contributed by atoms with Gasteiger partial charge in [-0.2, -0.15) is 0 Å². The Morgan fingerprint density at radius 3 is 2.70 bits per heavy atom. The van der Waals surface area contributed by atoms with E-state index in [2.05, 4.69) is 56.3 Å². The Balaban J connectivity index is 1.52. The van der Waals surface area contributed by atoms with Gasteiger partial charge in [0.2, 0.25) is 0 Å². The van der Waals surface area contributed by atoms with Gasteiger partial charge in [0, 0.05) is 36.9 Å². The molecule has 2 aliphatic rings. The summed E-state index contributed by atoms with van der Waals surface area (Å²) in [6.07, 6.45) is 6.60. The van der Waals surface area contributed by atoms with Crippen LogP contribution in [0.4, 0.5) is 5.69 Å². The van der Waals surface area contributed by atoms with Crippen molar-refractivity contribution < 1.29 is 9.47 Å². The Morgan fingerprint density at radius 2 is 2.00 bits per heavy atom. The molecule has 1 aromatic carbocycles. The fraction of sp³-hybridized carbons (Fsp3) is 0.385. The molecule has 2 saturated heterocycles. The highest BCUT2D eigenvalue weighted by Gasteiger charge is 2.42. The van der Waals surface area contributed by atoms with Gasteiger partial charge in [0.1, 0.15) is 11.8 Å². The van der Waals surface area contributed by atoms with Crippen LogP contribution >= 0.6 is 12.2 Å². The monoisotopic (exact) mass is 462 g/mol. The van der Waals surface area contributed by atoms with E-state index in [9.17, 15) is 0 Å². The third-order valence-electron chi connectivity index (χ3n) is 6.18. The maximum absolute atomic E-state index is 5.93. The Labute approximate surface area is 200 Å². The minimum absolute atomic E-state index is 0.0410. The standard InChI is InChI=1S/C26H30N4O2S/c1-18(2)32-20-12-10-19(11-13-20)30-25(24(28-26(30)33)22-8-3-4-14-27-22)23-9-5-15-29(23)17-21-7-6-16-31-21/h3-5,8-15,18,21,24-25H,6-7,16-17H2,1-2H3,(H,28,33)/t21-,24-,25-/m0/s1. The van der Waals surface area contributed by atoms with Crippen LogP contribution in [0.2, 0.25) is 0 Å². The van der Waals surface area contributed by atoms with Crippen LogP contribution in [0.25, 0.3) is 0 Å². The molecule has 5 rings (SSSR count). The number of thiocarbonyl (C=S) groups is 1. The summed E-state index contributed by atoms with van der Waals surface area (Å²) in [7, 11) is 0. The summed E-state index contributed by atoms with van der Waals surface area (Å²) in [6.45, 7) is 5.76. The first-order valence-electron chi connectivity index (χ1n) is 11.6. The van der Waals surface area contributed by atoms with Crippen LogP contribution in [0.3, 0.4) is 0 Å². The third kappa shape index (κ3) is 4.61. The van der Waals surface area contributed by atoms with Gasteiger partial charge in [-0.15, -0.1) is 0 Å². The number of nitrogens with zero attached hydrogens (tertiary/aromatic N) is 3. The molecule has 7 heteroatoms. The van der Waals surface area contributed by atoms with Gasteiger partial charge in [-0.3, -0.25) is 4.98 Å². The summed E-state index contributed by atoms with van der Waals surface area (Å²) in [6, 6.07) is 18.4. The van der Waals surface area contributed by atoms with Gasteiger partial charge in [0.15, 0.2) is 5.11 Å². The van der Waals surface area contributed by atoms with Gasteiger partial charge < -0.3 is 24.3 Å². The molecule has 2 fully saturated rings. The van der Waals surface area contributed by atoms with E-state index in [0.29, 0.717) is 5.11 Å². The molecule has 172 valence electrons. The SMILES string of the molecule is CC(C)Oc1ccc(N2C(=S)N[C@@H](c3ccccn3)[C@@H]2c2cccn2C[C@@H]2CCCO2)cc1. The maximum Gasteiger partial charge on any atom is 0.174 e. The van der Waals surface area contributed by atoms with Crippen molar-refractivity contribution >= 4 is 23.0 Å². The fourth-order valence-corrected chi connectivity index (χ4v) is 5.11. The summed E-state index contributed by atoms with van der Waals surface area (Å²) in [5.74, 6) is 0.853. The number of hydrogen-bond acceptors (Lipinski definition) is 4. The molecule has 2 aliphatic heterocycles. The normalized spacial score (nSPS) is 22.7. The third-order valence-corrected chi connectivity index (χ3v) is 6.49. The van der Waals surface area contributed by atoms with Crippen LogP contribution < -0.4 is 15.0 Å². The molecule has 2 aromatic heterocycles. The second kappa shape index (κ2) is 9.53. The second-order valence-electron chi connectivity index (χ2n) is 8.88. The molecule has 0 saturated carbocycles. The Bertz CT molecular complexity index is 1080. The summed E-state index contributed by atoms with van der Waals surface area (Å²) >= 11 is 5.86. The topological polar surface area (TPSA) is 51.5 Å². The van der Waals surface area contributed by atoms with Crippen LogP contribution in [0.15, 0.2) is 67.0 Å². The van der Waals surface area contributed by atoms with Gasteiger partial charge in [-0.05, 0) is 87.4 Å². The van der Waals surface area contributed by atoms with Crippen molar-refractivity contribution in [3.8, 4) is 5.75 Å². The lowest BCUT2D eigenvalue weighted by Gasteiger charge is -2.29. The Hall–Kier alpha value is -2.90. The molecule has 0 bridgehead atoms. The predicted molar refractivity (Wildman–Crippen MR) is 134 cm³/mol. The fourth-order valence-electron chi connectivity index (χ4n) is 4.76. The Morgan fingerprint density at radius 1 is 1.15 bits per heavy atom. The summed E-state index contributed by atoms with van der Waals surface area (Å²) in [5, 5.41) is 4.24. The number of anilines is 1. The van der Waals surface area contributed by atoms with Crippen molar-refractivity contribution in [3.05, 3.63) is 78.4 Å². The average Bonchev–Trinajstić information content (AvgIpc) is 3.55. The van der Waals surface area contributed by atoms with E-state index in [1.165, 1.54) is 5.69 Å². The minimum atomic E-state index is -0.0663. The smallest absolute Gasteiger partial charge is 0.174 e. The van der Waals surface area contributed by atoms with E-state index in [1.54, 1.807) is 0 Å². The highest BCUT2D eigenvalue weighted by Crippen LogP contribution is 2.42. The molecule has 1 N–H and O–H groups in total. The number of rotatable bonds is 7. The van der Waals surface area contributed by atoms with Crippen LogP contribution in [-0.2, 0) is 11.3 Å². The second-order valence-corrected chi connectivity index (χ2v) is 9.26. The lowest BCUT2D eigenvalue weighted by atomic mass is 10.0. The summed E-state index contributed by atoms with van der Waals surface area (Å²) < 4.78 is 14.1.